The minimum atomic E-state index is -3.77. The molecule has 3 aromatic rings. The monoisotopic (exact) mass is 454 g/mol. The van der Waals surface area contributed by atoms with Gasteiger partial charge < -0.3 is 14.8 Å². The Hall–Kier alpha value is -3.52. The molecule has 0 heterocycles. The first-order chi connectivity index (χ1) is 15.3. The third-order valence-corrected chi connectivity index (χ3v) is 5.73. The maximum Gasteiger partial charge on any atom is 0.261 e. The lowest BCUT2D eigenvalue weighted by molar-refractivity contribution is 0.102. The highest BCUT2D eigenvalue weighted by Crippen LogP contribution is 2.21. The molecule has 32 heavy (non-hydrogen) atoms. The van der Waals surface area contributed by atoms with E-state index in [-0.39, 0.29) is 16.9 Å². The van der Waals surface area contributed by atoms with Crippen molar-refractivity contribution in [2.75, 3.05) is 16.6 Å². The first kappa shape index (κ1) is 23.1. The van der Waals surface area contributed by atoms with Crippen molar-refractivity contribution in [1.82, 2.24) is 0 Å². The number of rotatable bonds is 9. The lowest BCUT2D eigenvalue weighted by Crippen LogP contribution is -2.14. The van der Waals surface area contributed by atoms with Crippen LogP contribution in [0.5, 0.6) is 11.5 Å². The summed E-state index contributed by atoms with van der Waals surface area (Å²) in [7, 11) is -3.77. The Balaban J connectivity index is 1.64. The molecule has 0 saturated carbocycles. The smallest absolute Gasteiger partial charge is 0.261 e. The van der Waals surface area contributed by atoms with Gasteiger partial charge in [0.1, 0.15) is 11.5 Å². The van der Waals surface area contributed by atoms with Crippen LogP contribution in [0.25, 0.3) is 0 Å². The molecule has 0 aliphatic rings. The van der Waals surface area contributed by atoms with Gasteiger partial charge in [0.05, 0.1) is 17.6 Å². The number of anilines is 2. The normalized spacial score (nSPS) is 11.1. The van der Waals surface area contributed by atoms with Crippen LogP contribution in [0.3, 0.4) is 0 Å². The van der Waals surface area contributed by atoms with Crippen molar-refractivity contribution in [2.45, 2.75) is 31.8 Å². The van der Waals surface area contributed by atoms with E-state index in [2.05, 4.69) is 10.0 Å². The zero-order chi connectivity index (χ0) is 23.1. The fourth-order valence-corrected chi connectivity index (χ4v) is 3.94. The van der Waals surface area contributed by atoms with E-state index in [0.717, 1.165) is 0 Å². The number of benzene rings is 3. The highest BCUT2D eigenvalue weighted by Gasteiger charge is 2.15. The van der Waals surface area contributed by atoms with Gasteiger partial charge in [-0.15, -0.1) is 0 Å². The third kappa shape index (κ3) is 6.24. The molecule has 0 unspecified atom stereocenters. The van der Waals surface area contributed by atoms with E-state index in [0.29, 0.717) is 35.0 Å². The SMILES string of the molecule is CCOc1ccc(NS(=O)(=O)c2ccc(NC(=O)c3ccc(OC(C)C)cc3)cc2)cc1. The molecular formula is C24H26N2O5S. The molecule has 0 spiro atoms. The molecule has 0 fully saturated rings. The van der Waals surface area contributed by atoms with Gasteiger partial charge in [-0.2, -0.15) is 0 Å². The lowest BCUT2D eigenvalue weighted by Gasteiger charge is -2.11. The number of ether oxygens (including phenoxy) is 2. The van der Waals surface area contributed by atoms with Gasteiger partial charge >= 0.3 is 0 Å². The zero-order valence-electron chi connectivity index (χ0n) is 18.2. The predicted molar refractivity (Wildman–Crippen MR) is 125 cm³/mol. The number of hydrogen-bond donors (Lipinski definition) is 2. The van der Waals surface area contributed by atoms with Crippen molar-refractivity contribution in [1.29, 1.82) is 0 Å². The van der Waals surface area contributed by atoms with Crippen LogP contribution in [0.15, 0.2) is 77.7 Å². The Bertz CT molecular complexity index is 1140. The van der Waals surface area contributed by atoms with Crippen molar-refractivity contribution in [3.63, 3.8) is 0 Å². The Morgan fingerprint density at radius 2 is 1.41 bits per heavy atom. The summed E-state index contributed by atoms with van der Waals surface area (Å²) in [6, 6.07) is 19.4. The first-order valence-electron chi connectivity index (χ1n) is 10.2. The summed E-state index contributed by atoms with van der Waals surface area (Å²) in [6.45, 7) is 6.27. The van der Waals surface area contributed by atoms with Crippen molar-refractivity contribution in [2.24, 2.45) is 0 Å². The Labute approximate surface area is 188 Å². The molecule has 0 aromatic heterocycles. The molecule has 0 saturated heterocycles. The second-order valence-corrected chi connectivity index (χ2v) is 8.91. The summed E-state index contributed by atoms with van der Waals surface area (Å²) >= 11 is 0. The molecule has 168 valence electrons. The Kier molecular flexibility index (Phi) is 7.37. The second kappa shape index (κ2) is 10.2. The number of nitrogens with one attached hydrogen (secondary N) is 2. The summed E-state index contributed by atoms with van der Waals surface area (Å²) in [6.07, 6.45) is 0.0494. The van der Waals surface area contributed by atoms with E-state index < -0.39 is 10.0 Å². The maximum absolute atomic E-state index is 12.6. The van der Waals surface area contributed by atoms with Crippen molar-refractivity contribution >= 4 is 27.3 Å². The van der Waals surface area contributed by atoms with Crippen LogP contribution in [-0.4, -0.2) is 27.0 Å². The van der Waals surface area contributed by atoms with E-state index in [4.69, 9.17) is 9.47 Å². The highest BCUT2D eigenvalue weighted by atomic mass is 32.2. The fourth-order valence-electron chi connectivity index (χ4n) is 2.88. The summed E-state index contributed by atoms with van der Waals surface area (Å²) < 4.78 is 38.7. The van der Waals surface area contributed by atoms with Crippen LogP contribution in [0.2, 0.25) is 0 Å². The number of carbonyl (C=O) groups is 1. The van der Waals surface area contributed by atoms with E-state index in [1.807, 2.05) is 20.8 Å². The van der Waals surface area contributed by atoms with Gasteiger partial charge in [-0.1, -0.05) is 0 Å². The van der Waals surface area contributed by atoms with Crippen molar-refractivity contribution < 1.29 is 22.7 Å². The molecule has 2 N–H and O–H groups in total. The van der Waals surface area contributed by atoms with Gasteiger partial charge in [-0.05, 0) is 93.6 Å². The summed E-state index contributed by atoms with van der Waals surface area (Å²) in [5.74, 6) is 1.05. The van der Waals surface area contributed by atoms with E-state index >= 15 is 0 Å². The van der Waals surface area contributed by atoms with Crippen LogP contribution in [-0.2, 0) is 10.0 Å². The second-order valence-electron chi connectivity index (χ2n) is 7.23. The number of amides is 1. The Morgan fingerprint density at radius 3 is 1.97 bits per heavy atom. The third-order valence-electron chi connectivity index (χ3n) is 4.33. The van der Waals surface area contributed by atoms with Gasteiger partial charge in [0, 0.05) is 16.9 Å². The highest BCUT2D eigenvalue weighted by molar-refractivity contribution is 7.92. The molecule has 1 amide bonds. The number of sulfonamides is 1. The number of hydrogen-bond acceptors (Lipinski definition) is 5. The molecule has 0 bridgehead atoms. The molecule has 7 nitrogen and oxygen atoms in total. The van der Waals surface area contributed by atoms with Crippen molar-refractivity contribution in [3.8, 4) is 11.5 Å². The Morgan fingerprint density at radius 1 is 0.844 bits per heavy atom. The van der Waals surface area contributed by atoms with Crippen molar-refractivity contribution in [3.05, 3.63) is 78.4 Å². The standard InChI is InChI=1S/C24H26N2O5S/c1-4-30-21-13-7-20(8-14-21)26-32(28,29)23-15-9-19(10-16-23)25-24(27)18-5-11-22(12-6-18)31-17(2)3/h5-17,26H,4H2,1-3H3,(H,25,27). The molecule has 3 rings (SSSR count). The lowest BCUT2D eigenvalue weighted by atomic mass is 10.2. The molecule has 0 aliphatic heterocycles. The largest absolute Gasteiger partial charge is 0.494 e. The minimum Gasteiger partial charge on any atom is -0.494 e. The first-order valence-corrected chi connectivity index (χ1v) is 11.7. The van der Waals surface area contributed by atoms with Crippen LogP contribution in [0, 0.1) is 0 Å². The van der Waals surface area contributed by atoms with E-state index in [1.54, 1.807) is 60.7 Å². The average Bonchev–Trinajstić information content (AvgIpc) is 2.75. The van der Waals surface area contributed by atoms with Crippen LogP contribution >= 0.6 is 0 Å². The van der Waals surface area contributed by atoms with Gasteiger partial charge in [-0.3, -0.25) is 9.52 Å². The van der Waals surface area contributed by atoms with E-state index in [1.165, 1.54) is 12.1 Å². The molecule has 0 atom stereocenters. The molecule has 3 aromatic carbocycles. The molecule has 8 heteroatoms. The molecule has 0 aliphatic carbocycles. The maximum atomic E-state index is 12.6. The minimum absolute atomic E-state index is 0.0494. The summed E-state index contributed by atoms with van der Waals surface area (Å²) in [4.78, 5) is 12.5. The van der Waals surface area contributed by atoms with Crippen LogP contribution < -0.4 is 19.5 Å². The fraction of sp³-hybridized carbons (Fsp3) is 0.208. The molecule has 0 radical (unpaired) electrons. The zero-order valence-corrected chi connectivity index (χ0v) is 19.0. The predicted octanol–water partition coefficient (Wildman–Crippen LogP) is 4.93. The van der Waals surface area contributed by atoms with E-state index in [9.17, 15) is 13.2 Å². The number of carbonyl (C=O) groups excluding carboxylic acids is 1. The van der Waals surface area contributed by atoms with Crippen LogP contribution in [0.4, 0.5) is 11.4 Å². The average molecular weight is 455 g/mol. The summed E-state index contributed by atoms with van der Waals surface area (Å²) in [5, 5.41) is 2.76. The topological polar surface area (TPSA) is 93.7 Å². The summed E-state index contributed by atoms with van der Waals surface area (Å²) in [5.41, 5.74) is 1.38. The van der Waals surface area contributed by atoms with Gasteiger partial charge in [-0.25, -0.2) is 8.42 Å². The molecular weight excluding hydrogens is 428 g/mol. The van der Waals surface area contributed by atoms with Gasteiger partial charge in [0.25, 0.3) is 15.9 Å². The quantitative estimate of drug-likeness (QED) is 0.478. The van der Waals surface area contributed by atoms with Gasteiger partial charge in [0.2, 0.25) is 0 Å². The van der Waals surface area contributed by atoms with Gasteiger partial charge in [0.15, 0.2) is 0 Å². The van der Waals surface area contributed by atoms with Crippen LogP contribution in [0.1, 0.15) is 31.1 Å².